The van der Waals surface area contributed by atoms with Crippen LogP contribution in [0.3, 0.4) is 0 Å². The molecule has 0 saturated carbocycles. The molecule has 4 nitrogen and oxygen atoms in total. The van der Waals surface area contributed by atoms with E-state index in [4.69, 9.17) is 16.3 Å². The first-order chi connectivity index (χ1) is 11.5. The normalized spacial score (nSPS) is 11.5. The molecule has 24 heavy (non-hydrogen) atoms. The van der Waals surface area contributed by atoms with Gasteiger partial charge in [0.05, 0.1) is 6.21 Å². The van der Waals surface area contributed by atoms with Crippen molar-refractivity contribution in [1.82, 2.24) is 5.43 Å². The van der Waals surface area contributed by atoms with Crippen molar-refractivity contribution >= 4 is 45.7 Å². The number of hydrogen-bond donors (Lipinski definition) is 1. The molecule has 2 rings (SSSR count). The minimum absolute atomic E-state index is 0.127. The van der Waals surface area contributed by atoms with Crippen LogP contribution in [0.15, 0.2) is 58.1 Å². The van der Waals surface area contributed by atoms with Crippen molar-refractivity contribution < 1.29 is 9.53 Å². The van der Waals surface area contributed by atoms with Crippen LogP contribution >= 0.6 is 27.5 Å². The molecule has 0 aromatic heterocycles. The Labute approximate surface area is 154 Å². The number of benzene rings is 2. The highest BCUT2D eigenvalue weighted by molar-refractivity contribution is 9.12. The van der Waals surface area contributed by atoms with Crippen LogP contribution in [0.1, 0.15) is 11.1 Å². The number of amides is 1. The summed E-state index contributed by atoms with van der Waals surface area (Å²) in [6, 6.07) is 15.0. The predicted octanol–water partition coefficient (Wildman–Crippen LogP) is 4.57. The summed E-state index contributed by atoms with van der Waals surface area (Å²) in [5.41, 5.74) is 4.33. The molecular formula is C18H16BrClN2O2. The van der Waals surface area contributed by atoms with Crippen LogP contribution in [0.4, 0.5) is 0 Å². The zero-order valence-electron chi connectivity index (χ0n) is 13.0. The second kappa shape index (κ2) is 9.25. The predicted molar refractivity (Wildman–Crippen MR) is 102 cm³/mol. The van der Waals surface area contributed by atoms with Crippen molar-refractivity contribution in [3.63, 3.8) is 0 Å². The molecule has 1 amide bonds. The minimum atomic E-state index is -0.348. The van der Waals surface area contributed by atoms with Crippen molar-refractivity contribution in [2.75, 3.05) is 6.61 Å². The van der Waals surface area contributed by atoms with Gasteiger partial charge in [-0.3, -0.25) is 4.79 Å². The summed E-state index contributed by atoms with van der Waals surface area (Å²) in [7, 11) is 0. The molecule has 2 aromatic rings. The highest BCUT2D eigenvalue weighted by Crippen LogP contribution is 2.20. The van der Waals surface area contributed by atoms with Gasteiger partial charge in [0.2, 0.25) is 0 Å². The molecule has 1 N–H and O–H groups in total. The van der Waals surface area contributed by atoms with Gasteiger partial charge in [-0.1, -0.05) is 41.9 Å². The van der Waals surface area contributed by atoms with Crippen LogP contribution in [-0.4, -0.2) is 18.7 Å². The van der Waals surface area contributed by atoms with E-state index in [1.807, 2.05) is 43.3 Å². The highest BCUT2D eigenvalue weighted by Gasteiger charge is 2.03. The first kappa shape index (κ1) is 18.2. The summed E-state index contributed by atoms with van der Waals surface area (Å²) in [6.07, 6.45) is 3.40. The number of carbonyl (C=O) groups excluding carboxylic acids is 1. The van der Waals surface area contributed by atoms with Crippen molar-refractivity contribution in [2.45, 2.75) is 6.92 Å². The van der Waals surface area contributed by atoms with Gasteiger partial charge in [-0.25, -0.2) is 5.43 Å². The number of nitrogens with one attached hydrogen (secondary N) is 1. The fourth-order valence-electron chi connectivity index (χ4n) is 1.80. The highest BCUT2D eigenvalue weighted by atomic mass is 79.9. The Morgan fingerprint density at radius 3 is 2.75 bits per heavy atom. The van der Waals surface area contributed by atoms with Gasteiger partial charge in [0.1, 0.15) is 5.75 Å². The number of halogens is 2. The summed E-state index contributed by atoms with van der Waals surface area (Å²) in [5, 5.41) is 4.53. The molecule has 0 unspecified atom stereocenters. The first-order valence-electron chi connectivity index (χ1n) is 7.17. The molecular weight excluding hydrogens is 392 g/mol. The third-order valence-electron chi connectivity index (χ3n) is 2.98. The minimum Gasteiger partial charge on any atom is -0.484 e. The number of carbonyl (C=O) groups is 1. The summed E-state index contributed by atoms with van der Waals surface area (Å²) in [5.74, 6) is 0.236. The Balaban J connectivity index is 1.80. The monoisotopic (exact) mass is 406 g/mol. The Bertz CT molecular complexity index is 761. The molecule has 0 atom stereocenters. The van der Waals surface area contributed by atoms with Crippen LogP contribution in [-0.2, 0) is 4.79 Å². The Kier molecular flexibility index (Phi) is 7.03. The number of hydrogen-bond acceptors (Lipinski definition) is 3. The number of rotatable bonds is 6. The second-order valence-corrected chi connectivity index (χ2v) is 6.26. The van der Waals surface area contributed by atoms with Crippen LogP contribution in [0, 0.1) is 6.92 Å². The van der Waals surface area contributed by atoms with Gasteiger partial charge in [0.15, 0.2) is 6.61 Å². The molecule has 0 fully saturated rings. The summed E-state index contributed by atoms with van der Waals surface area (Å²) in [4.78, 5) is 11.7. The number of nitrogens with zero attached hydrogens (tertiary/aromatic N) is 1. The van der Waals surface area contributed by atoms with Gasteiger partial charge in [0, 0.05) is 9.51 Å². The van der Waals surface area contributed by atoms with Crippen LogP contribution < -0.4 is 10.2 Å². The molecule has 0 spiro atoms. The molecule has 0 aliphatic heterocycles. The van der Waals surface area contributed by atoms with Crippen molar-refractivity contribution in [2.24, 2.45) is 5.10 Å². The Morgan fingerprint density at radius 2 is 2.04 bits per heavy atom. The second-order valence-electron chi connectivity index (χ2n) is 4.93. The van der Waals surface area contributed by atoms with E-state index in [2.05, 4.69) is 26.5 Å². The van der Waals surface area contributed by atoms with Crippen LogP contribution in [0.25, 0.3) is 6.08 Å². The molecule has 0 radical (unpaired) electrons. The van der Waals surface area contributed by atoms with Gasteiger partial charge in [0.25, 0.3) is 5.91 Å². The van der Waals surface area contributed by atoms with E-state index in [1.54, 1.807) is 18.2 Å². The Hall–Kier alpha value is -2.11. The largest absolute Gasteiger partial charge is 0.484 e. The average molecular weight is 408 g/mol. The lowest BCUT2D eigenvalue weighted by molar-refractivity contribution is -0.123. The van der Waals surface area contributed by atoms with Gasteiger partial charge in [-0.05, 0) is 58.3 Å². The van der Waals surface area contributed by atoms with Crippen molar-refractivity contribution in [1.29, 1.82) is 0 Å². The lowest BCUT2D eigenvalue weighted by Gasteiger charge is -2.06. The topological polar surface area (TPSA) is 50.7 Å². The van der Waals surface area contributed by atoms with Gasteiger partial charge < -0.3 is 4.74 Å². The number of aryl methyl sites for hydroxylation is 1. The Morgan fingerprint density at radius 1 is 1.29 bits per heavy atom. The van der Waals surface area contributed by atoms with Crippen LogP contribution in [0.5, 0.6) is 5.75 Å². The summed E-state index contributed by atoms with van der Waals surface area (Å²) in [6.45, 7) is 1.74. The smallest absolute Gasteiger partial charge is 0.277 e. The van der Waals surface area contributed by atoms with Gasteiger partial charge >= 0.3 is 0 Å². The molecule has 0 heterocycles. The third-order valence-corrected chi connectivity index (χ3v) is 3.84. The maximum atomic E-state index is 11.7. The van der Waals surface area contributed by atoms with Gasteiger partial charge in [-0.2, -0.15) is 5.10 Å². The van der Waals surface area contributed by atoms with E-state index in [-0.39, 0.29) is 12.5 Å². The first-order valence-corrected chi connectivity index (χ1v) is 8.35. The van der Waals surface area contributed by atoms with Crippen LogP contribution in [0.2, 0.25) is 5.02 Å². The van der Waals surface area contributed by atoms with E-state index in [0.29, 0.717) is 10.8 Å². The molecule has 0 aliphatic carbocycles. The van der Waals surface area contributed by atoms with Gasteiger partial charge in [-0.15, -0.1) is 0 Å². The van der Waals surface area contributed by atoms with E-state index in [9.17, 15) is 4.79 Å². The SMILES string of the molecule is Cc1cc(OCC(=O)N/N=C/C(Br)=C/c2ccccc2)ccc1Cl. The summed E-state index contributed by atoms with van der Waals surface area (Å²) < 4.78 is 6.13. The molecule has 0 bridgehead atoms. The molecule has 2 aromatic carbocycles. The van der Waals surface area contributed by atoms with E-state index < -0.39 is 0 Å². The molecule has 6 heteroatoms. The van der Waals surface area contributed by atoms with E-state index >= 15 is 0 Å². The average Bonchev–Trinajstić information content (AvgIpc) is 2.57. The van der Waals surface area contributed by atoms with Crippen molar-refractivity contribution in [3.05, 3.63) is 69.2 Å². The standard InChI is InChI=1S/C18H16BrClN2O2/c1-13-9-16(7-8-17(13)20)24-12-18(23)22-21-11-15(19)10-14-5-3-2-4-6-14/h2-11H,12H2,1H3,(H,22,23)/b15-10-,21-11+. The quantitative estimate of drug-likeness (QED) is 0.563. The fourth-order valence-corrected chi connectivity index (χ4v) is 2.28. The molecule has 124 valence electrons. The van der Waals surface area contributed by atoms with E-state index in [1.165, 1.54) is 6.21 Å². The fraction of sp³-hybridized carbons (Fsp3) is 0.111. The zero-order valence-corrected chi connectivity index (χ0v) is 15.3. The third kappa shape index (κ3) is 6.18. The maximum Gasteiger partial charge on any atom is 0.277 e. The lowest BCUT2D eigenvalue weighted by Crippen LogP contribution is -2.24. The van der Waals surface area contributed by atoms with E-state index in [0.717, 1.165) is 15.6 Å². The number of ether oxygens (including phenoxy) is 1. The molecule has 0 aliphatic rings. The lowest BCUT2D eigenvalue weighted by atomic mass is 10.2. The number of allylic oxidation sites excluding steroid dienone is 1. The van der Waals surface area contributed by atoms with Crippen molar-refractivity contribution in [3.8, 4) is 5.75 Å². The molecule has 0 saturated heterocycles. The zero-order chi connectivity index (χ0) is 17.4. The number of hydrazone groups is 1. The summed E-state index contributed by atoms with van der Waals surface area (Å²) >= 11 is 9.31. The maximum absolute atomic E-state index is 11.7.